The first kappa shape index (κ1) is 20.4. The van der Waals surface area contributed by atoms with Gasteiger partial charge in [-0.2, -0.15) is 0 Å². The summed E-state index contributed by atoms with van der Waals surface area (Å²) >= 11 is 0. The zero-order valence-corrected chi connectivity index (χ0v) is 17.3. The van der Waals surface area contributed by atoms with Gasteiger partial charge in [-0.1, -0.05) is 45.4 Å². The highest BCUT2D eigenvalue weighted by atomic mass is 28.4. The molecule has 0 unspecified atom stereocenters. The Morgan fingerprint density at radius 3 is 2.52 bits per heavy atom. The molecule has 1 atom stereocenters. The zero-order valence-electron chi connectivity index (χ0n) is 16.3. The van der Waals surface area contributed by atoms with Gasteiger partial charge in [-0.05, 0) is 62.2 Å². The standard InChI is InChI=1S/C20H36O2Si/c1-16(13-18-14-17(2)15-19(18)21)11-9-8-10-12-22-23(6,7)20(3,4)5/h11,14,17H,8-10,12-13,15H2,1-7H3/b16-11+/t17-/m0/s1. The van der Waals surface area contributed by atoms with Crippen LogP contribution in [0, 0.1) is 5.92 Å². The Kier molecular flexibility index (Phi) is 7.47. The summed E-state index contributed by atoms with van der Waals surface area (Å²) in [5.41, 5.74) is 2.34. The Hall–Kier alpha value is -0.673. The van der Waals surface area contributed by atoms with Crippen LogP contribution in [0.25, 0.3) is 0 Å². The van der Waals surface area contributed by atoms with Gasteiger partial charge in [0, 0.05) is 13.0 Å². The lowest BCUT2D eigenvalue weighted by Gasteiger charge is -2.36. The molecule has 0 saturated heterocycles. The highest BCUT2D eigenvalue weighted by Gasteiger charge is 2.36. The number of allylic oxidation sites excluding steroid dienone is 4. The number of Topliss-reactive ketones (excluding diaryl/α,β-unsaturated/α-hetero) is 1. The van der Waals surface area contributed by atoms with Gasteiger partial charge in [-0.25, -0.2) is 0 Å². The van der Waals surface area contributed by atoms with Gasteiger partial charge in [-0.3, -0.25) is 4.79 Å². The quantitative estimate of drug-likeness (QED) is 0.306. The van der Waals surface area contributed by atoms with Crippen molar-refractivity contribution in [1.82, 2.24) is 0 Å². The number of hydrogen-bond donors (Lipinski definition) is 0. The van der Waals surface area contributed by atoms with Crippen LogP contribution in [-0.4, -0.2) is 20.7 Å². The lowest BCUT2D eigenvalue weighted by atomic mass is 10.0. The van der Waals surface area contributed by atoms with Crippen LogP contribution < -0.4 is 0 Å². The largest absolute Gasteiger partial charge is 0.417 e. The summed E-state index contributed by atoms with van der Waals surface area (Å²) in [6.45, 7) is 16.6. The number of carbonyl (C=O) groups excluding carboxylic acids is 1. The van der Waals surface area contributed by atoms with Crippen molar-refractivity contribution in [3.8, 4) is 0 Å². The van der Waals surface area contributed by atoms with Crippen LogP contribution in [0.4, 0.5) is 0 Å². The van der Waals surface area contributed by atoms with Crippen molar-refractivity contribution in [3.63, 3.8) is 0 Å². The van der Waals surface area contributed by atoms with Crippen LogP contribution in [0.15, 0.2) is 23.3 Å². The van der Waals surface area contributed by atoms with Crippen LogP contribution in [0.3, 0.4) is 0 Å². The van der Waals surface area contributed by atoms with E-state index < -0.39 is 8.32 Å². The Balaban J connectivity index is 2.24. The fourth-order valence-electron chi connectivity index (χ4n) is 2.59. The van der Waals surface area contributed by atoms with E-state index in [1.165, 1.54) is 5.57 Å². The fraction of sp³-hybridized carbons (Fsp3) is 0.750. The van der Waals surface area contributed by atoms with Crippen molar-refractivity contribution in [2.75, 3.05) is 6.61 Å². The minimum Gasteiger partial charge on any atom is -0.417 e. The molecule has 3 heteroatoms. The fourth-order valence-corrected chi connectivity index (χ4v) is 3.68. The van der Waals surface area contributed by atoms with Gasteiger partial charge in [0.25, 0.3) is 0 Å². The van der Waals surface area contributed by atoms with Crippen LogP contribution >= 0.6 is 0 Å². The number of carbonyl (C=O) groups is 1. The molecule has 2 nitrogen and oxygen atoms in total. The van der Waals surface area contributed by atoms with Crippen molar-refractivity contribution in [2.24, 2.45) is 5.92 Å². The van der Waals surface area contributed by atoms with Crippen LogP contribution in [0.1, 0.15) is 66.7 Å². The molecular weight excluding hydrogens is 300 g/mol. The lowest BCUT2D eigenvalue weighted by molar-refractivity contribution is -0.115. The molecule has 0 amide bonds. The second-order valence-electron chi connectivity index (χ2n) is 8.63. The maximum atomic E-state index is 11.8. The van der Waals surface area contributed by atoms with E-state index in [2.05, 4.69) is 59.9 Å². The number of rotatable bonds is 8. The molecule has 0 saturated carbocycles. The van der Waals surface area contributed by atoms with E-state index in [1.54, 1.807) is 0 Å². The van der Waals surface area contributed by atoms with Crippen molar-refractivity contribution in [2.45, 2.75) is 84.9 Å². The smallest absolute Gasteiger partial charge is 0.191 e. The molecule has 0 aliphatic heterocycles. The molecule has 1 rings (SSSR count). The molecule has 0 radical (unpaired) electrons. The second-order valence-corrected chi connectivity index (χ2v) is 13.4. The molecule has 0 aromatic carbocycles. The third kappa shape index (κ3) is 6.76. The molecule has 1 aliphatic rings. The highest BCUT2D eigenvalue weighted by molar-refractivity contribution is 6.74. The molecule has 0 aromatic heterocycles. The van der Waals surface area contributed by atoms with Crippen molar-refractivity contribution < 1.29 is 9.22 Å². The van der Waals surface area contributed by atoms with E-state index >= 15 is 0 Å². The van der Waals surface area contributed by atoms with E-state index in [-0.39, 0.29) is 0 Å². The zero-order chi connectivity index (χ0) is 17.7. The lowest BCUT2D eigenvalue weighted by Crippen LogP contribution is -2.40. The van der Waals surface area contributed by atoms with E-state index in [0.717, 1.165) is 37.9 Å². The monoisotopic (exact) mass is 336 g/mol. The third-order valence-corrected chi connectivity index (χ3v) is 9.72. The third-order valence-electron chi connectivity index (χ3n) is 5.18. The van der Waals surface area contributed by atoms with E-state index in [4.69, 9.17) is 4.43 Å². The summed E-state index contributed by atoms with van der Waals surface area (Å²) in [5.74, 6) is 0.769. The Morgan fingerprint density at radius 1 is 1.35 bits per heavy atom. The van der Waals surface area contributed by atoms with E-state index in [0.29, 0.717) is 23.2 Å². The number of unbranched alkanes of at least 4 members (excludes halogenated alkanes) is 2. The van der Waals surface area contributed by atoms with Gasteiger partial charge in [0.1, 0.15) is 0 Å². The maximum absolute atomic E-state index is 11.8. The summed E-state index contributed by atoms with van der Waals surface area (Å²) in [6, 6.07) is 0. The van der Waals surface area contributed by atoms with E-state index in [9.17, 15) is 4.79 Å². The predicted molar refractivity (Wildman–Crippen MR) is 102 cm³/mol. The van der Waals surface area contributed by atoms with E-state index in [1.807, 2.05) is 0 Å². The number of hydrogen-bond acceptors (Lipinski definition) is 2. The van der Waals surface area contributed by atoms with Gasteiger partial charge in [0.2, 0.25) is 0 Å². The number of ketones is 1. The van der Waals surface area contributed by atoms with Gasteiger partial charge in [-0.15, -0.1) is 0 Å². The molecule has 0 spiro atoms. The summed E-state index contributed by atoms with van der Waals surface area (Å²) in [6.07, 6.45) is 9.35. The maximum Gasteiger partial charge on any atom is 0.191 e. The van der Waals surface area contributed by atoms with Crippen LogP contribution in [0.2, 0.25) is 18.1 Å². The van der Waals surface area contributed by atoms with Gasteiger partial charge in [0.05, 0.1) is 0 Å². The summed E-state index contributed by atoms with van der Waals surface area (Å²) in [7, 11) is -1.59. The molecule has 0 N–H and O–H groups in total. The molecule has 0 fully saturated rings. The van der Waals surface area contributed by atoms with Gasteiger partial charge in [0.15, 0.2) is 14.1 Å². The molecule has 0 heterocycles. The summed E-state index contributed by atoms with van der Waals surface area (Å²) < 4.78 is 6.20. The van der Waals surface area contributed by atoms with Crippen LogP contribution in [0.5, 0.6) is 0 Å². The minimum absolute atomic E-state index is 0.294. The summed E-state index contributed by atoms with van der Waals surface area (Å²) in [4.78, 5) is 11.8. The first-order valence-corrected chi connectivity index (χ1v) is 12.0. The first-order valence-electron chi connectivity index (χ1n) is 9.06. The van der Waals surface area contributed by atoms with Crippen LogP contribution in [-0.2, 0) is 9.22 Å². The molecular formula is C20H36O2Si. The van der Waals surface area contributed by atoms with Crippen molar-refractivity contribution in [1.29, 1.82) is 0 Å². The van der Waals surface area contributed by atoms with Gasteiger partial charge >= 0.3 is 0 Å². The molecule has 0 aromatic rings. The highest BCUT2D eigenvalue weighted by Crippen LogP contribution is 2.36. The normalized spacial score (nSPS) is 20.1. The molecule has 132 valence electrons. The Labute approximate surface area is 144 Å². The molecule has 1 aliphatic carbocycles. The van der Waals surface area contributed by atoms with Gasteiger partial charge < -0.3 is 4.43 Å². The first-order chi connectivity index (χ1) is 10.5. The van der Waals surface area contributed by atoms with Crippen molar-refractivity contribution in [3.05, 3.63) is 23.3 Å². The molecule has 23 heavy (non-hydrogen) atoms. The predicted octanol–water partition coefficient (Wildman–Crippen LogP) is 6.05. The molecule has 0 bridgehead atoms. The Morgan fingerprint density at radius 2 is 2.00 bits per heavy atom. The average molecular weight is 337 g/mol. The second kappa shape index (κ2) is 8.43. The topological polar surface area (TPSA) is 26.3 Å². The summed E-state index contributed by atoms with van der Waals surface area (Å²) in [5, 5.41) is 0.294. The minimum atomic E-state index is -1.59. The average Bonchev–Trinajstić information content (AvgIpc) is 2.70. The SMILES string of the molecule is C/C(=C\CCCCO[Si](C)(C)C(C)(C)C)CC1=C[C@H](C)CC1=O. The Bertz CT molecular complexity index is 467. The van der Waals surface area contributed by atoms with Crippen molar-refractivity contribution >= 4 is 14.1 Å².